The van der Waals surface area contributed by atoms with Crippen LogP contribution in [0, 0.1) is 0 Å². The molecule has 130 valence electrons. The van der Waals surface area contributed by atoms with Crippen molar-refractivity contribution in [1.29, 1.82) is 0 Å². The molecule has 1 aliphatic heterocycles. The molecule has 3 amide bonds. The molecule has 24 heavy (non-hydrogen) atoms. The third-order valence-electron chi connectivity index (χ3n) is 4.80. The molecule has 0 radical (unpaired) electrons. The van der Waals surface area contributed by atoms with E-state index in [0.29, 0.717) is 19.7 Å². The Bertz CT molecular complexity index is 594. The van der Waals surface area contributed by atoms with E-state index in [1.54, 1.807) is 4.90 Å². The van der Waals surface area contributed by atoms with Crippen LogP contribution in [0.25, 0.3) is 0 Å². The third kappa shape index (κ3) is 4.19. The van der Waals surface area contributed by atoms with Gasteiger partial charge < -0.3 is 20.3 Å². The van der Waals surface area contributed by atoms with Crippen molar-refractivity contribution >= 4 is 17.8 Å². The number of carbonyl (C=O) groups is 2. The first-order valence-electron chi connectivity index (χ1n) is 8.64. The fourth-order valence-electron chi connectivity index (χ4n) is 3.38. The van der Waals surface area contributed by atoms with E-state index in [2.05, 4.69) is 17.6 Å². The molecule has 0 unspecified atom stereocenters. The highest BCUT2D eigenvalue weighted by molar-refractivity contribution is 5.89. The Morgan fingerprint density at radius 3 is 2.54 bits per heavy atom. The lowest BCUT2D eigenvalue weighted by molar-refractivity contribution is 0.157. The van der Waals surface area contributed by atoms with Crippen LogP contribution in [0.4, 0.5) is 15.3 Å². The van der Waals surface area contributed by atoms with Gasteiger partial charge in [-0.15, -0.1) is 0 Å². The Balaban J connectivity index is 1.52. The maximum atomic E-state index is 12.2. The van der Waals surface area contributed by atoms with Gasteiger partial charge in [-0.25, -0.2) is 9.59 Å². The number of nitrogens with zero attached hydrogens (tertiary/aromatic N) is 1. The van der Waals surface area contributed by atoms with Gasteiger partial charge in [0.1, 0.15) is 6.61 Å². The lowest BCUT2D eigenvalue weighted by Crippen LogP contribution is -2.48. The molecule has 3 rings (SSSR count). The second-order valence-electron chi connectivity index (χ2n) is 6.93. The van der Waals surface area contributed by atoms with Crippen LogP contribution in [-0.4, -0.2) is 35.7 Å². The van der Waals surface area contributed by atoms with E-state index in [0.717, 1.165) is 24.1 Å². The molecule has 2 aliphatic rings. The topological polar surface area (TPSA) is 70.7 Å². The summed E-state index contributed by atoms with van der Waals surface area (Å²) in [5.41, 5.74) is 1.66. The van der Waals surface area contributed by atoms with Gasteiger partial charge in [0.15, 0.2) is 0 Å². The second-order valence-corrected chi connectivity index (χ2v) is 6.93. The summed E-state index contributed by atoms with van der Waals surface area (Å²) >= 11 is 0. The van der Waals surface area contributed by atoms with E-state index in [1.165, 1.54) is 19.3 Å². The summed E-state index contributed by atoms with van der Waals surface area (Å²) < 4.78 is 4.92. The quantitative estimate of drug-likeness (QED) is 0.887. The first-order valence-corrected chi connectivity index (χ1v) is 8.64. The highest BCUT2D eigenvalue weighted by Gasteiger charge is 2.28. The lowest BCUT2D eigenvalue weighted by Gasteiger charge is -2.34. The first-order chi connectivity index (χ1) is 11.5. The van der Waals surface area contributed by atoms with Crippen LogP contribution in [0.15, 0.2) is 24.3 Å². The largest absolute Gasteiger partial charge is 0.448 e. The molecule has 1 aromatic rings. The van der Waals surface area contributed by atoms with Crippen molar-refractivity contribution in [2.75, 3.05) is 18.5 Å². The van der Waals surface area contributed by atoms with Gasteiger partial charge in [0.05, 0.1) is 6.54 Å². The van der Waals surface area contributed by atoms with Gasteiger partial charge in [0.2, 0.25) is 0 Å². The number of cyclic esters (lactones) is 1. The number of hydrogen-bond acceptors (Lipinski definition) is 3. The van der Waals surface area contributed by atoms with Crippen LogP contribution in [-0.2, 0) is 11.3 Å². The van der Waals surface area contributed by atoms with Gasteiger partial charge >= 0.3 is 12.1 Å². The molecule has 0 spiro atoms. The minimum Gasteiger partial charge on any atom is -0.448 e. The molecular weight excluding hydrogens is 306 g/mol. The van der Waals surface area contributed by atoms with Crippen molar-refractivity contribution < 1.29 is 14.3 Å². The minimum absolute atomic E-state index is 0.0988. The number of rotatable bonds is 4. The Kier molecular flexibility index (Phi) is 4.92. The molecule has 1 saturated heterocycles. The monoisotopic (exact) mass is 331 g/mol. The standard InChI is InChI=1S/C18H25N3O3/c1-18(9-3-2-4-10-18)20-16(22)19-15-7-5-14(6-8-15)13-21-11-12-24-17(21)23/h5-8H,2-4,9-13H2,1H3,(H2,19,20,22). The molecular formula is C18H25N3O3. The van der Waals surface area contributed by atoms with E-state index in [4.69, 9.17) is 4.74 Å². The van der Waals surface area contributed by atoms with Gasteiger partial charge in [0.25, 0.3) is 0 Å². The van der Waals surface area contributed by atoms with E-state index >= 15 is 0 Å². The normalized spacial score (nSPS) is 19.7. The van der Waals surface area contributed by atoms with Crippen LogP contribution < -0.4 is 10.6 Å². The Hall–Kier alpha value is -2.24. The van der Waals surface area contributed by atoms with Crippen molar-refractivity contribution in [3.05, 3.63) is 29.8 Å². The SMILES string of the molecule is CC1(NC(=O)Nc2ccc(CN3CCOC3=O)cc2)CCCCC1. The van der Waals surface area contributed by atoms with Gasteiger partial charge in [-0.05, 0) is 37.5 Å². The zero-order valence-electron chi connectivity index (χ0n) is 14.1. The summed E-state index contributed by atoms with van der Waals surface area (Å²) in [6.07, 6.45) is 5.40. The zero-order valence-corrected chi connectivity index (χ0v) is 14.1. The predicted molar refractivity (Wildman–Crippen MR) is 91.8 cm³/mol. The molecule has 1 heterocycles. The van der Waals surface area contributed by atoms with Gasteiger partial charge in [0, 0.05) is 17.8 Å². The fraction of sp³-hybridized carbons (Fsp3) is 0.556. The Labute approximate surface area is 142 Å². The van der Waals surface area contributed by atoms with Gasteiger partial charge in [-0.3, -0.25) is 0 Å². The molecule has 6 nitrogen and oxygen atoms in total. The van der Waals surface area contributed by atoms with E-state index in [9.17, 15) is 9.59 Å². The third-order valence-corrected chi connectivity index (χ3v) is 4.80. The number of nitrogens with one attached hydrogen (secondary N) is 2. The number of amides is 3. The van der Waals surface area contributed by atoms with Crippen LogP contribution in [0.5, 0.6) is 0 Å². The number of anilines is 1. The smallest absolute Gasteiger partial charge is 0.410 e. The van der Waals surface area contributed by atoms with Crippen LogP contribution >= 0.6 is 0 Å². The van der Waals surface area contributed by atoms with Crippen molar-refractivity contribution in [2.45, 2.75) is 51.1 Å². The molecule has 2 fully saturated rings. The molecule has 0 atom stereocenters. The summed E-state index contributed by atoms with van der Waals surface area (Å²) in [4.78, 5) is 25.3. The summed E-state index contributed by atoms with van der Waals surface area (Å²) in [7, 11) is 0. The van der Waals surface area contributed by atoms with Crippen LogP contribution in [0.2, 0.25) is 0 Å². The maximum absolute atomic E-state index is 12.2. The van der Waals surface area contributed by atoms with Crippen molar-refractivity contribution in [2.24, 2.45) is 0 Å². The Morgan fingerprint density at radius 2 is 1.92 bits per heavy atom. The molecule has 6 heteroatoms. The van der Waals surface area contributed by atoms with Gasteiger partial charge in [-0.2, -0.15) is 0 Å². The van der Waals surface area contributed by atoms with E-state index < -0.39 is 0 Å². The molecule has 2 N–H and O–H groups in total. The number of hydrogen-bond donors (Lipinski definition) is 2. The Morgan fingerprint density at radius 1 is 1.21 bits per heavy atom. The van der Waals surface area contributed by atoms with Crippen molar-refractivity contribution in [3.63, 3.8) is 0 Å². The number of urea groups is 1. The average molecular weight is 331 g/mol. The molecule has 0 bridgehead atoms. The maximum Gasteiger partial charge on any atom is 0.410 e. The summed E-state index contributed by atoms with van der Waals surface area (Å²) in [6.45, 7) is 3.73. The summed E-state index contributed by atoms with van der Waals surface area (Å²) in [5.74, 6) is 0. The highest BCUT2D eigenvalue weighted by atomic mass is 16.6. The number of carbonyl (C=O) groups excluding carboxylic acids is 2. The predicted octanol–water partition coefficient (Wildman–Crippen LogP) is 3.48. The molecule has 0 aromatic heterocycles. The van der Waals surface area contributed by atoms with Crippen molar-refractivity contribution in [3.8, 4) is 0 Å². The number of benzene rings is 1. The van der Waals surface area contributed by atoms with Crippen molar-refractivity contribution in [1.82, 2.24) is 10.2 Å². The van der Waals surface area contributed by atoms with Crippen LogP contribution in [0.1, 0.15) is 44.6 Å². The summed E-state index contributed by atoms with van der Waals surface area (Å²) in [6, 6.07) is 7.40. The molecule has 1 aliphatic carbocycles. The van der Waals surface area contributed by atoms with E-state index in [-0.39, 0.29) is 17.7 Å². The van der Waals surface area contributed by atoms with Crippen LogP contribution in [0.3, 0.4) is 0 Å². The van der Waals surface area contributed by atoms with E-state index in [1.807, 2.05) is 24.3 Å². The number of ether oxygens (including phenoxy) is 1. The fourth-order valence-corrected chi connectivity index (χ4v) is 3.38. The average Bonchev–Trinajstić information content (AvgIpc) is 2.94. The molecule has 1 saturated carbocycles. The minimum atomic E-state index is -0.266. The molecule has 1 aromatic carbocycles. The highest BCUT2D eigenvalue weighted by Crippen LogP contribution is 2.27. The zero-order chi connectivity index (χ0) is 17.0. The van der Waals surface area contributed by atoms with Gasteiger partial charge in [-0.1, -0.05) is 31.4 Å². The summed E-state index contributed by atoms with van der Waals surface area (Å²) in [5, 5.41) is 5.99. The lowest BCUT2D eigenvalue weighted by atomic mass is 9.83. The second kappa shape index (κ2) is 7.11. The first kappa shape index (κ1) is 16.6.